The van der Waals surface area contributed by atoms with E-state index >= 15 is 0 Å². The number of unbranched alkanes of at least 4 members (excludes halogenated alkanes) is 6. The summed E-state index contributed by atoms with van der Waals surface area (Å²) in [4.78, 5) is 30.5. The zero-order valence-corrected chi connectivity index (χ0v) is 17.3. The van der Waals surface area contributed by atoms with Crippen LogP contribution in [-0.4, -0.2) is 52.0 Å². The standard InChI is InChI=1S/C16H24O3.C5H8FNO4/c1-2-3-4-5-6-7-8-13-19-15-11-9-14(10-12-15)16(17)18;6-2(4(8)9)1-3(7)5(10)11/h9-12H,2-8,13H2,1H3,(H,17,18);2-3H,1,7H2,(H,8,9)(H,10,11)/t;2-,3-/m.1/s1. The van der Waals surface area contributed by atoms with Crippen molar-refractivity contribution < 1.29 is 38.8 Å². The summed E-state index contributed by atoms with van der Waals surface area (Å²) in [7, 11) is 0. The fourth-order valence-corrected chi connectivity index (χ4v) is 2.37. The number of ether oxygens (including phenoxy) is 1. The van der Waals surface area contributed by atoms with Gasteiger partial charge in [0.25, 0.3) is 0 Å². The number of halogens is 1. The van der Waals surface area contributed by atoms with Crippen molar-refractivity contribution in [1.82, 2.24) is 0 Å². The third-order valence-corrected chi connectivity index (χ3v) is 4.16. The smallest absolute Gasteiger partial charge is 0.338 e. The molecule has 0 amide bonds. The van der Waals surface area contributed by atoms with E-state index in [1.54, 1.807) is 24.3 Å². The van der Waals surface area contributed by atoms with Gasteiger partial charge in [-0.05, 0) is 30.7 Å². The number of nitrogens with two attached hydrogens (primary N) is 1. The number of alkyl halides is 1. The fraction of sp³-hybridized carbons (Fsp3) is 0.571. The van der Waals surface area contributed by atoms with Crippen LogP contribution in [0.1, 0.15) is 68.6 Å². The third kappa shape index (κ3) is 13.5. The van der Waals surface area contributed by atoms with Crippen LogP contribution in [0.2, 0.25) is 0 Å². The minimum absolute atomic E-state index is 0.295. The molecule has 0 fully saturated rings. The zero-order chi connectivity index (χ0) is 22.9. The summed E-state index contributed by atoms with van der Waals surface area (Å²) in [5.74, 6) is -3.26. The second-order valence-electron chi connectivity index (χ2n) is 6.79. The molecule has 1 aromatic rings. The van der Waals surface area contributed by atoms with Gasteiger partial charge in [-0.3, -0.25) is 4.79 Å². The van der Waals surface area contributed by atoms with E-state index in [-0.39, 0.29) is 0 Å². The molecule has 0 heterocycles. The molecule has 0 unspecified atom stereocenters. The topological polar surface area (TPSA) is 147 Å². The number of carbonyl (C=O) groups is 3. The summed E-state index contributed by atoms with van der Waals surface area (Å²) in [6, 6.07) is 5.11. The lowest BCUT2D eigenvalue weighted by Crippen LogP contribution is -2.35. The molecule has 30 heavy (non-hydrogen) atoms. The van der Waals surface area contributed by atoms with Gasteiger partial charge in [-0.15, -0.1) is 0 Å². The Kier molecular flexibility index (Phi) is 14.7. The number of hydrogen-bond donors (Lipinski definition) is 4. The van der Waals surface area contributed by atoms with Gasteiger partial charge >= 0.3 is 17.9 Å². The Morgan fingerprint density at radius 3 is 1.93 bits per heavy atom. The van der Waals surface area contributed by atoms with Gasteiger partial charge in [-0.2, -0.15) is 0 Å². The lowest BCUT2D eigenvalue weighted by molar-refractivity contribution is -0.144. The quantitative estimate of drug-likeness (QED) is 0.327. The van der Waals surface area contributed by atoms with E-state index < -0.39 is 36.5 Å². The Hall–Kier alpha value is -2.68. The van der Waals surface area contributed by atoms with Crippen LogP contribution in [0.4, 0.5) is 4.39 Å². The molecule has 1 aromatic carbocycles. The van der Waals surface area contributed by atoms with Crippen molar-refractivity contribution in [3.05, 3.63) is 29.8 Å². The first kappa shape index (κ1) is 27.3. The predicted octanol–water partition coefficient (Wildman–Crippen LogP) is 3.73. The lowest BCUT2D eigenvalue weighted by Gasteiger charge is -2.06. The summed E-state index contributed by atoms with van der Waals surface area (Å²) < 4.78 is 17.8. The van der Waals surface area contributed by atoms with Crippen LogP contribution in [-0.2, 0) is 9.59 Å². The molecule has 0 radical (unpaired) electrons. The first-order valence-corrected chi connectivity index (χ1v) is 10.00. The Labute approximate surface area is 175 Å². The van der Waals surface area contributed by atoms with Crippen LogP contribution in [0.3, 0.4) is 0 Å². The third-order valence-electron chi connectivity index (χ3n) is 4.16. The molecule has 5 N–H and O–H groups in total. The van der Waals surface area contributed by atoms with Crippen molar-refractivity contribution in [1.29, 1.82) is 0 Å². The van der Waals surface area contributed by atoms with Crippen molar-refractivity contribution in [2.24, 2.45) is 5.73 Å². The minimum Gasteiger partial charge on any atom is -0.494 e. The van der Waals surface area contributed by atoms with Gasteiger partial charge in [-0.25, -0.2) is 14.0 Å². The normalized spacial score (nSPS) is 12.2. The second kappa shape index (κ2) is 16.2. The molecule has 0 spiro atoms. The van der Waals surface area contributed by atoms with Gasteiger partial charge in [0.15, 0.2) is 6.17 Å². The number of aromatic carboxylic acids is 1. The molecule has 0 aliphatic heterocycles. The summed E-state index contributed by atoms with van der Waals surface area (Å²) in [5.41, 5.74) is 5.15. The van der Waals surface area contributed by atoms with E-state index in [0.29, 0.717) is 12.2 Å². The van der Waals surface area contributed by atoms with E-state index in [0.717, 1.165) is 12.2 Å². The van der Waals surface area contributed by atoms with Crippen LogP contribution in [0, 0.1) is 0 Å². The van der Waals surface area contributed by atoms with Crippen LogP contribution >= 0.6 is 0 Å². The molecule has 170 valence electrons. The van der Waals surface area contributed by atoms with Crippen LogP contribution in [0.15, 0.2) is 24.3 Å². The molecule has 9 heteroatoms. The highest BCUT2D eigenvalue weighted by Gasteiger charge is 2.23. The Bertz CT molecular complexity index is 619. The Balaban J connectivity index is 0.000000654. The predicted molar refractivity (Wildman–Crippen MR) is 110 cm³/mol. The zero-order valence-electron chi connectivity index (χ0n) is 17.3. The maximum Gasteiger partial charge on any atom is 0.338 e. The molecule has 0 bridgehead atoms. The maximum atomic E-state index is 12.2. The Morgan fingerprint density at radius 1 is 0.933 bits per heavy atom. The maximum absolute atomic E-state index is 12.2. The van der Waals surface area contributed by atoms with Crippen molar-refractivity contribution in [3.8, 4) is 5.75 Å². The van der Waals surface area contributed by atoms with Crippen molar-refractivity contribution in [2.75, 3.05) is 6.61 Å². The highest BCUT2D eigenvalue weighted by atomic mass is 19.1. The molecule has 0 saturated carbocycles. The minimum atomic E-state index is -2.21. The lowest BCUT2D eigenvalue weighted by atomic mass is 10.1. The molecule has 0 aliphatic carbocycles. The van der Waals surface area contributed by atoms with Gasteiger partial charge in [0.2, 0.25) is 0 Å². The van der Waals surface area contributed by atoms with Crippen LogP contribution in [0.5, 0.6) is 5.75 Å². The van der Waals surface area contributed by atoms with Crippen molar-refractivity contribution in [3.63, 3.8) is 0 Å². The molecular formula is C21H32FNO7. The highest BCUT2D eigenvalue weighted by molar-refractivity contribution is 5.87. The average molecular weight is 429 g/mol. The number of rotatable bonds is 14. The van der Waals surface area contributed by atoms with E-state index in [2.05, 4.69) is 6.92 Å². The monoisotopic (exact) mass is 429 g/mol. The number of hydrogen-bond acceptors (Lipinski definition) is 5. The molecule has 2 atom stereocenters. The fourth-order valence-electron chi connectivity index (χ4n) is 2.37. The molecule has 0 aromatic heterocycles. The number of aliphatic carboxylic acids is 2. The van der Waals surface area contributed by atoms with Gasteiger partial charge in [-0.1, -0.05) is 45.4 Å². The van der Waals surface area contributed by atoms with Crippen LogP contribution < -0.4 is 10.5 Å². The number of carboxylic acids is 3. The number of benzene rings is 1. The van der Waals surface area contributed by atoms with Gasteiger partial charge < -0.3 is 25.8 Å². The van der Waals surface area contributed by atoms with Gasteiger partial charge in [0.1, 0.15) is 11.8 Å². The van der Waals surface area contributed by atoms with E-state index in [4.69, 9.17) is 25.8 Å². The van der Waals surface area contributed by atoms with Crippen molar-refractivity contribution >= 4 is 17.9 Å². The van der Waals surface area contributed by atoms with E-state index in [1.807, 2.05) is 0 Å². The second-order valence-corrected chi connectivity index (χ2v) is 6.79. The van der Waals surface area contributed by atoms with E-state index in [9.17, 15) is 18.8 Å². The van der Waals surface area contributed by atoms with Crippen LogP contribution in [0.25, 0.3) is 0 Å². The first-order valence-electron chi connectivity index (χ1n) is 10.00. The largest absolute Gasteiger partial charge is 0.494 e. The molecule has 0 aliphatic rings. The summed E-state index contributed by atoms with van der Waals surface area (Å²) in [5, 5.41) is 24.9. The van der Waals surface area contributed by atoms with Gasteiger partial charge in [0, 0.05) is 6.42 Å². The molecule has 0 saturated heterocycles. The highest BCUT2D eigenvalue weighted by Crippen LogP contribution is 2.13. The number of carboxylic acid groups (broad SMARTS) is 3. The summed E-state index contributed by atoms with van der Waals surface area (Å²) in [6.07, 6.45) is 5.92. The SMILES string of the molecule is CCCCCCCCCOc1ccc(C(=O)O)cc1.N[C@H](C[C@@H](F)C(=O)O)C(=O)O. The molecular weight excluding hydrogens is 397 g/mol. The molecule has 8 nitrogen and oxygen atoms in total. The summed E-state index contributed by atoms with van der Waals surface area (Å²) in [6.45, 7) is 2.93. The van der Waals surface area contributed by atoms with Gasteiger partial charge in [0.05, 0.1) is 12.2 Å². The summed E-state index contributed by atoms with van der Waals surface area (Å²) >= 11 is 0. The Morgan fingerprint density at radius 2 is 1.47 bits per heavy atom. The first-order chi connectivity index (χ1) is 14.2. The average Bonchev–Trinajstić information content (AvgIpc) is 2.70. The van der Waals surface area contributed by atoms with E-state index in [1.165, 1.54) is 38.5 Å². The van der Waals surface area contributed by atoms with Crippen molar-refractivity contribution in [2.45, 2.75) is 70.5 Å². The molecule has 1 rings (SSSR count).